The first-order valence-corrected chi connectivity index (χ1v) is 16.1. The van der Waals surface area contributed by atoms with Gasteiger partial charge in [-0.15, -0.1) is 0 Å². The third-order valence-electron chi connectivity index (χ3n) is 9.27. The van der Waals surface area contributed by atoms with Gasteiger partial charge in [-0.2, -0.15) is 0 Å². The van der Waals surface area contributed by atoms with Gasteiger partial charge in [0.05, 0.1) is 11.5 Å². The van der Waals surface area contributed by atoms with E-state index in [0.717, 1.165) is 35.0 Å². The first kappa shape index (κ1) is 32.8. The Morgan fingerprint density at radius 3 is 2.51 bits per heavy atom. The standard InChI is InChI=1S/C35H49ClN4O3/c1-21(2)10-9-11-24(7)14-16-37-31(41)19-25-18-29(34(43)40(22(3)4)23(5)6)35(8)32-27(15-17-39(35)33(25)42)28-20-26(36)12-13-30(28)38-32/h10,12-14,20,22-23,25,29,38H,9,11,15-19H2,1-8H3,(H,37,41)/b24-14+/t25-,29-,35+/m1/s1. The number of aromatic amines is 1. The summed E-state index contributed by atoms with van der Waals surface area (Å²) in [6, 6.07) is 5.78. The highest BCUT2D eigenvalue weighted by atomic mass is 35.5. The molecule has 1 fully saturated rings. The third-order valence-corrected chi connectivity index (χ3v) is 9.51. The summed E-state index contributed by atoms with van der Waals surface area (Å²) in [6.45, 7) is 17.3. The molecule has 0 bridgehead atoms. The minimum atomic E-state index is -0.868. The van der Waals surface area contributed by atoms with Crippen LogP contribution in [0.1, 0.15) is 92.3 Å². The molecule has 43 heavy (non-hydrogen) atoms. The minimum absolute atomic E-state index is 0.000247. The Hall–Kier alpha value is -3.06. The smallest absolute Gasteiger partial charge is 0.228 e. The van der Waals surface area contributed by atoms with Crippen molar-refractivity contribution in [3.05, 3.63) is 57.8 Å². The second kappa shape index (κ2) is 13.3. The van der Waals surface area contributed by atoms with E-state index in [9.17, 15) is 14.4 Å². The lowest BCUT2D eigenvalue weighted by Gasteiger charge is -2.54. The highest BCUT2D eigenvalue weighted by Gasteiger charge is 2.57. The van der Waals surface area contributed by atoms with Crippen LogP contribution in [-0.4, -0.2) is 57.7 Å². The quantitative estimate of drug-likeness (QED) is 0.288. The highest BCUT2D eigenvalue weighted by molar-refractivity contribution is 6.31. The minimum Gasteiger partial charge on any atom is -0.356 e. The molecule has 0 unspecified atom stereocenters. The number of nitrogens with one attached hydrogen (secondary N) is 2. The van der Waals surface area contributed by atoms with Gasteiger partial charge in [0.15, 0.2) is 0 Å². The molecular formula is C35H49ClN4O3. The molecule has 0 saturated carbocycles. The zero-order chi connectivity index (χ0) is 31.6. The topological polar surface area (TPSA) is 85.5 Å². The molecule has 1 aromatic carbocycles. The van der Waals surface area contributed by atoms with Crippen LogP contribution in [0.15, 0.2) is 41.5 Å². The van der Waals surface area contributed by atoms with E-state index in [-0.39, 0.29) is 36.2 Å². The van der Waals surface area contributed by atoms with Gasteiger partial charge in [-0.3, -0.25) is 14.4 Å². The molecule has 4 rings (SSSR count). The molecule has 2 aliphatic heterocycles. The van der Waals surface area contributed by atoms with Crippen molar-refractivity contribution in [2.45, 2.75) is 105 Å². The number of H-pyrrole nitrogens is 1. The SMILES string of the molecule is CC(C)=CCC/C(C)=C/CNC(=O)C[C@H]1C[C@H](C(=O)N(C(C)C)C(C)C)[C@@]2(C)c3[nH]c4ccc(Cl)cc4c3CCN2C1=O. The Kier molecular flexibility index (Phi) is 10.2. The number of benzene rings is 1. The molecule has 1 aromatic heterocycles. The van der Waals surface area contributed by atoms with Gasteiger partial charge < -0.3 is 20.1 Å². The molecule has 2 aromatic rings. The fraction of sp³-hybridized carbons (Fsp3) is 0.571. The molecule has 1 saturated heterocycles. The molecule has 8 heteroatoms. The van der Waals surface area contributed by atoms with Crippen LogP contribution in [0.2, 0.25) is 5.02 Å². The Balaban J connectivity index is 1.62. The van der Waals surface area contributed by atoms with Crippen molar-refractivity contribution in [3.8, 4) is 0 Å². The largest absolute Gasteiger partial charge is 0.356 e. The normalized spacial score (nSPS) is 22.1. The number of nitrogens with zero attached hydrogens (tertiary/aromatic N) is 2. The highest BCUT2D eigenvalue weighted by Crippen LogP contribution is 2.50. The molecule has 2 N–H and O–H groups in total. The van der Waals surface area contributed by atoms with Gasteiger partial charge in [0.1, 0.15) is 0 Å². The summed E-state index contributed by atoms with van der Waals surface area (Å²) in [5.74, 6) is -1.27. The molecule has 0 aliphatic carbocycles. The Bertz CT molecular complexity index is 1430. The predicted molar refractivity (Wildman–Crippen MR) is 175 cm³/mol. The monoisotopic (exact) mass is 608 g/mol. The van der Waals surface area contributed by atoms with Crippen molar-refractivity contribution in [3.63, 3.8) is 0 Å². The van der Waals surface area contributed by atoms with E-state index in [1.165, 1.54) is 11.1 Å². The van der Waals surface area contributed by atoms with E-state index < -0.39 is 17.4 Å². The van der Waals surface area contributed by atoms with Crippen LogP contribution >= 0.6 is 11.6 Å². The Morgan fingerprint density at radius 1 is 1.16 bits per heavy atom. The Morgan fingerprint density at radius 2 is 1.86 bits per heavy atom. The number of rotatable bonds is 10. The van der Waals surface area contributed by atoms with Crippen LogP contribution in [0.3, 0.4) is 0 Å². The van der Waals surface area contributed by atoms with Crippen molar-refractivity contribution in [1.82, 2.24) is 20.1 Å². The van der Waals surface area contributed by atoms with E-state index in [1.807, 2.05) is 68.7 Å². The van der Waals surface area contributed by atoms with Crippen LogP contribution in [0.4, 0.5) is 0 Å². The van der Waals surface area contributed by atoms with Crippen LogP contribution in [-0.2, 0) is 26.3 Å². The van der Waals surface area contributed by atoms with Crippen molar-refractivity contribution in [1.29, 1.82) is 0 Å². The lowest BCUT2D eigenvalue weighted by atomic mass is 9.67. The van der Waals surface area contributed by atoms with Gasteiger partial charge in [-0.05, 0) is 105 Å². The van der Waals surface area contributed by atoms with Crippen LogP contribution < -0.4 is 5.32 Å². The number of halogens is 1. The van der Waals surface area contributed by atoms with Crippen molar-refractivity contribution < 1.29 is 14.4 Å². The number of hydrogen-bond acceptors (Lipinski definition) is 3. The summed E-state index contributed by atoms with van der Waals surface area (Å²) < 4.78 is 0. The van der Waals surface area contributed by atoms with E-state index in [0.29, 0.717) is 31.0 Å². The molecule has 3 heterocycles. The van der Waals surface area contributed by atoms with Gasteiger partial charge in [-0.1, -0.05) is 34.9 Å². The molecule has 234 valence electrons. The summed E-state index contributed by atoms with van der Waals surface area (Å²) in [5, 5.41) is 4.68. The Labute approximate surface area is 262 Å². The molecule has 7 nitrogen and oxygen atoms in total. The fourth-order valence-corrected chi connectivity index (χ4v) is 7.33. The molecule has 3 atom stereocenters. The lowest BCUT2D eigenvalue weighted by Crippen LogP contribution is -2.65. The van der Waals surface area contributed by atoms with Gasteiger partial charge in [-0.25, -0.2) is 0 Å². The number of carbonyl (C=O) groups is 3. The predicted octanol–water partition coefficient (Wildman–Crippen LogP) is 6.90. The summed E-state index contributed by atoms with van der Waals surface area (Å²) in [6.07, 6.45) is 7.23. The maximum Gasteiger partial charge on any atom is 0.228 e. The van der Waals surface area contributed by atoms with E-state index in [1.54, 1.807) is 0 Å². The average Bonchev–Trinajstić information content (AvgIpc) is 3.28. The lowest BCUT2D eigenvalue weighted by molar-refractivity contribution is -0.166. The summed E-state index contributed by atoms with van der Waals surface area (Å²) in [7, 11) is 0. The summed E-state index contributed by atoms with van der Waals surface area (Å²) >= 11 is 6.38. The molecule has 0 spiro atoms. The maximum atomic E-state index is 14.5. The maximum absolute atomic E-state index is 14.5. The number of amides is 3. The zero-order valence-electron chi connectivity index (χ0n) is 27.1. The van der Waals surface area contributed by atoms with Crippen LogP contribution in [0.5, 0.6) is 0 Å². The van der Waals surface area contributed by atoms with E-state index in [4.69, 9.17) is 11.6 Å². The van der Waals surface area contributed by atoms with Gasteiger partial charge in [0.2, 0.25) is 17.7 Å². The number of hydrogen-bond donors (Lipinski definition) is 2. The van der Waals surface area contributed by atoms with Crippen LogP contribution in [0.25, 0.3) is 10.9 Å². The van der Waals surface area contributed by atoms with Crippen molar-refractivity contribution in [2.24, 2.45) is 11.8 Å². The van der Waals surface area contributed by atoms with Crippen molar-refractivity contribution in [2.75, 3.05) is 13.1 Å². The second-order valence-electron chi connectivity index (χ2n) is 13.4. The number of allylic oxidation sites excluding steroid dienone is 3. The van der Waals surface area contributed by atoms with Gasteiger partial charge in [0.25, 0.3) is 0 Å². The first-order chi connectivity index (χ1) is 20.2. The second-order valence-corrected chi connectivity index (χ2v) is 13.8. The number of aromatic nitrogens is 1. The number of fused-ring (bicyclic) bond motifs is 5. The zero-order valence-corrected chi connectivity index (χ0v) is 27.9. The van der Waals surface area contributed by atoms with Gasteiger partial charge in [0, 0.05) is 59.1 Å². The van der Waals surface area contributed by atoms with Crippen molar-refractivity contribution >= 4 is 40.2 Å². The van der Waals surface area contributed by atoms with E-state index >= 15 is 0 Å². The molecular weight excluding hydrogens is 560 g/mol. The van der Waals surface area contributed by atoms with Gasteiger partial charge >= 0.3 is 0 Å². The molecule has 0 radical (unpaired) electrons. The fourth-order valence-electron chi connectivity index (χ4n) is 7.16. The third kappa shape index (κ3) is 6.72. The van der Waals surface area contributed by atoms with E-state index in [2.05, 4.69) is 37.1 Å². The number of piperidine rings is 1. The molecule has 3 amide bonds. The number of carbonyl (C=O) groups excluding carboxylic acids is 3. The first-order valence-electron chi connectivity index (χ1n) is 15.8. The molecule has 2 aliphatic rings. The van der Waals surface area contributed by atoms with Crippen LogP contribution in [0, 0.1) is 11.8 Å². The summed E-state index contributed by atoms with van der Waals surface area (Å²) in [4.78, 5) is 49.1. The summed E-state index contributed by atoms with van der Waals surface area (Å²) in [5.41, 5.74) is 4.63. The average molecular weight is 609 g/mol.